The second kappa shape index (κ2) is 8.23. The first-order chi connectivity index (χ1) is 8.29. The molecule has 0 bridgehead atoms. The molecule has 96 valence electrons. The number of rotatable bonds is 8. The van der Waals surface area contributed by atoms with Crippen molar-refractivity contribution in [2.75, 3.05) is 26.3 Å². The SMILES string of the molecule is CC(c1ccccc1)N(CCCO)CCCO. The molecule has 1 aromatic carbocycles. The molecule has 0 amide bonds. The molecular weight excluding hydrogens is 214 g/mol. The van der Waals surface area contributed by atoms with E-state index in [4.69, 9.17) is 10.2 Å². The van der Waals surface area contributed by atoms with Gasteiger partial charge in [-0.25, -0.2) is 0 Å². The van der Waals surface area contributed by atoms with Crippen LogP contribution in [-0.4, -0.2) is 41.4 Å². The molecular formula is C14H23NO2. The quantitative estimate of drug-likeness (QED) is 0.725. The van der Waals surface area contributed by atoms with Crippen molar-refractivity contribution in [3.8, 4) is 0 Å². The van der Waals surface area contributed by atoms with Crippen molar-refractivity contribution in [2.24, 2.45) is 0 Å². The van der Waals surface area contributed by atoms with Crippen molar-refractivity contribution in [2.45, 2.75) is 25.8 Å². The van der Waals surface area contributed by atoms with Gasteiger partial charge in [-0.3, -0.25) is 4.90 Å². The molecule has 0 fully saturated rings. The summed E-state index contributed by atoms with van der Waals surface area (Å²) >= 11 is 0. The summed E-state index contributed by atoms with van der Waals surface area (Å²) in [6, 6.07) is 10.7. The summed E-state index contributed by atoms with van der Waals surface area (Å²) in [7, 11) is 0. The minimum absolute atomic E-state index is 0.219. The fraction of sp³-hybridized carbons (Fsp3) is 0.571. The minimum Gasteiger partial charge on any atom is -0.396 e. The van der Waals surface area contributed by atoms with Crippen LogP contribution < -0.4 is 0 Å². The molecule has 1 aromatic rings. The largest absolute Gasteiger partial charge is 0.396 e. The number of aliphatic hydroxyl groups excluding tert-OH is 2. The number of hydrogen-bond donors (Lipinski definition) is 2. The van der Waals surface area contributed by atoms with Gasteiger partial charge in [0.25, 0.3) is 0 Å². The van der Waals surface area contributed by atoms with E-state index in [0.29, 0.717) is 6.04 Å². The van der Waals surface area contributed by atoms with Gasteiger partial charge in [-0.05, 0) is 25.3 Å². The fourth-order valence-corrected chi connectivity index (χ4v) is 1.99. The molecule has 0 heterocycles. The smallest absolute Gasteiger partial charge is 0.0443 e. The molecule has 0 saturated carbocycles. The van der Waals surface area contributed by atoms with Crippen LogP contribution in [0.5, 0.6) is 0 Å². The molecule has 1 rings (SSSR count). The average molecular weight is 237 g/mol. The molecule has 17 heavy (non-hydrogen) atoms. The van der Waals surface area contributed by atoms with Crippen LogP contribution in [0.4, 0.5) is 0 Å². The van der Waals surface area contributed by atoms with Crippen molar-refractivity contribution >= 4 is 0 Å². The van der Waals surface area contributed by atoms with Crippen molar-refractivity contribution < 1.29 is 10.2 Å². The maximum atomic E-state index is 8.92. The second-order valence-corrected chi connectivity index (χ2v) is 4.28. The van der Waals surface area contributed by atoms with E-state index >= 15 is 0 Å². The van der Waals surface area contributed by atoms with Crippen LogP contribution in [0.15, 0.2) is 30.3 Å². The Hall–Kier alpha value is -0.900. The van der Waals surface area contributed by atoms with E-state index in [9.17, 15) is 0 Å². The average Bonchev–Trinajstić information content (AvgIpc) is 2.39. The summed E-state index contributed by atoms with van der Waals surface area (Å²) in [4.78, 5) is 2.31. The first-order valence-corrected chi connectivity index (χ1v) is 6.30. The van der Waals surface area contributed by atoms with Crippen LogP contribution >= 0.6 is 0 Å². The Morgan fingerprint density at radius 2 is 1.53 bits per heavy atom. The number of nitrogens with zero attached hydrogens (tertiary/aromatic N) is 1. The van der Waals surface area contributed by atoms with Crippen molar-refractivity contribution in [1.29, 1.82) is 0 Å². The number of benzene rings is 1. The highest BCUT2D eigenvalue weighted by molar-refractivity contribution is 5.18. The lowest BCUT2D eigenvalue weighted by Gasteiger charge is -2.29. The zero-order chi connectivity index (χ0) is 12.5. The van der Waals surface area contributed by atoms with Crippen LogP contribution in [0.3, 0.4) is 0 Å². The lowest BCUT2D eigenvalue weighted by atomic mass is 10.1. The molecule has 1 unspecified atom stereocenters. The van der Waals surface area contributed by atoms with Crippen LogP contribution in [0.2, 0.25) is 0 Å². The number of hydrogen-bond acceptors (Lipinski definition) is 3. The lowest BCUT2D eigenvalue weighted by Crippen LogP contribution is -2.30. The first kappa shape index (κ1) is 14.2. The third-order valence-electron chi connectivity index (χ3n) is 3.04. The van der Waals surface area contributed by atoms with Crippen LogP contribution in [0.25, 0.3) is 0 Å². The van der Waals surface area contributed by atoms with E-state index < -0.39 is 0 Å². The van der Waals surface area contributed by atoms with Gasteiger partial charge in [0.05, 0.1) is 0 Å². The van der Waals surface area contributed by atoms with Gasteiger partial charge in [0, 0.05) is 32.3 Å². The summed E-state index contributed by atoms with van der Waals surface area (Å²) in [6.45, 7) is 4.34. The molecule has 0 spiro atoms. The van der Waals surface area contributed by atoms with Gasteiger partial charge >= 0.3 is 0 Å². The predicted octanol–water partition coefficient (Wildman–Crippen LogP) is 1.81. The van der Waals surface area contributed by atoms with Gasteiger partial charge < -0.3 is 10.2 Å². The van der Waals surface area contributed by atoms with E-state index in [-0.39, 0.29) is 13.2 Å². The Labute approximate surface area is 104 Å². The van der Waals surface area contributed by atoms with Gasteiger partial charge in [-0.15, -0.1) is 0 Å². The minimum atomic E-state index is 0.219. The highest BCUT2D eigenvalue weighted by Gasteiger charge is 2.14. The van der Waals surface area contributed by atoms with Crippen molar-refractivity contribution in [3.05, 3.63) is 35.9 Å². The van der Waals surface area contributed by atoms with E-state index in [1.807, 2.05) is 18.2 Å². The van der Waals surface area contributed by atoms with Crippen LogP contribution in [-0.2, 0) is 0 Å². The molecule has 3 nitrogen and oxygen atoms in total. The van der Waals surface area contributed by atoms with Crippen LogP contribution in [0.1, 0.15) is 31.4 Å². The van der Waals surface area contributed by atoms with E-state index in [2.05, 4.69) is 24.0 Å². The Bertz CT molecular complexity index is 282. The molecule has 0 aliphatic heterocycles. The second-order valence-electron chi connectivity index (χ2n) is 4.28. The monoisotopic (exact) mass is 237 g/mol. The summed E-state index contributed by atoms with van der Waals surface area (Å²) in [5.41, 5.74) is 1.28. The molecule has 3 heteroatoms. The van der Waals surface area contributed by atoms with Gasteiger partial charge in [0.2, 0.25) is 0 Å². The third kappa shape index (κ3) is 4.86. The molecule has 2 N–H and O–H groups in total. The first-order valence-electron chi connectivity index (χ1n) is 6.30. The molecule has 1 atom stereocenters. The summed E-state index contributed by atoms with van der Waals surface area (Å²) in [6.07, 6.45) is 1.56. The van der Waals surface area contributed by atoms with Crippen LogP contribution in [0, 0.1) is 0 Å². The highest BCUT2D eigenvalue weighted by Crippen LogP contribution is 2.20. The lowest BCUT2D eigenvalue weighted by molar-refractivity contribution is 0.166. The zero-order valence-corrected chi connectivity index (χ0v) is 10.5. The standard InChI is InChI=1S/C14H23NO2/c1-13(14-7-3-2-4-8-14)15(9-5-11-16)10-6-12-17/h2-4,7-8,13,16-17H,5-6,9-12H2,1H3. The molecule has 0 saturated heterocycles. The molecule has 0 aliphatic rings. The molecule has 0 aromatic heterocycles. The summed E-state index contributed by atoms with van der Waals surface area (Å²) in [5.74, 6) is 0. The van der Waals surface area contributed by atoms with E-state index in [1.54, 1.807) is 0 Å². The van der Waals surface area contributed by atoms with E-state index in [1.165, 1.54) is 5.56 Å². The normalized spacial score (nSPS) is 12.9. The Kier molecular flexibility index (Phi) is 6.86. The van der Waals surface area contributed by atoms with Gasteiger partial charge in [-0.1, -0.05) is 30.3 Å². The fourth-order valence-electron chi connectivity index (χ4n) is 1.99. The maximum Gasteiger partial charge on any atom is 0.0443 e. The Balaban J connectivity index is 2.61. The van der Waals surface area contributed by atoms with Crippen molar-refractivity contribution in [3.63, 3.8) is 0 Å². The zero-order valence-electron chi connectivity index (χ0n) is 10.5. The third-order valence-corrected chi connectivity index (χ3v) is 3.04. The molecule has 0 radical (unpaired) electrons. The number of aliphatic hydroxyl groups is 2. The molecule has 0 aliphatic carbocycles. The maximum absolute atomic E-state index is 8.92. The van der Waals surface area contributed by atoms with Crippen molar-refractivity contribution in [1.82, 2.24) is 4.90 Å². The predicted molar refractivity (Wildman–Crippen MR) is 69.8 cm³/mol. The summed E-state index contributed by atoms with van der Waals surface area (Å²) in [5, 5.41) is 17.8. The topological polar surface area (TPSA) is 43.7 Å². The Morgan fingerprint density at radius 3 is 2.00 bits per heavy atom. The van der Waals surface area contributed by atoms with E-state index in [0.717, 1.165) is 25.9 Å². The summed E-state index contributed by atoms with van der Waals surface area (Å²) < 4.78 is 0. The Morgan fingerprint density at radius 1 is 1.00 bits per heavy atom. The van der Waals surface area contributed by atoms with Gasteiger partial charge in [0.1, 0.15) is 0 Å². The highest BCUT2D eigenvalue weighted by atomic mass is 16.3. The van der Waals surface area contributed by atoms with Gasteiger partial charge in [0.15, 0.2) is 0 Å². The van der Waals surface area contributed by atoms with Gasteiger partial charge in [-0.2, -0.15) is 0 Å².